The quantitative estimate of drug-likeness (QED) is 0.900. The van der Waals surface area contributed by atoms with Crippen LogP contribution in [0, 0.1) is 5.92 Å². The highest BCUT2D eigenvalue weighted by molar-refractivity contribution is 5.84. The Balaban J connectivity index is 2.39. The maximum atomic E-state index is 12.1. The average Bonchev–Trinajstić information content (AvgIpc) is 2.47. The standard InChI is InChI=1S/C15H20N2O2/c1-3-17-13(18)10-9-12(15(19)16-2)14(17)11-7-5-4-6-8-11/h4-8,12,14H,3,9-10H2,1-2H3,(H,16,19)/t12-,14+/m1/s1. The molecule has 1 N–H and O–H groups in total. The second-order valence-electron chi connectivity index (χ2n) is 4.79. The molecule has 0 aromatic heterocycles. The molecule has 0 saturated carbocycles. The van der Waals surface area contributed by atoms with Crippen LogP contribution in [-0.2, 0) is 9.59 Å². The van der Waals surface area contributed by atoms with Crippen LogP contribution < -0.4 is 5.32 Å². The number of hydrogen-bond acceptors (Lipinski definition) is 2. The van der Waals surface area contributed by atoms with Gasteiger partial charge in [-0.1, -0.05) is 30.3 Å². The lowest BCUT2D eigenvalue weighted by Gasteiger charge is -2.40. The molecule has 1 heterocycles. The van der Waals surface area contributed by atoms with Gasteiger partial charge in [-0.3, -0.25) is 9.59 Å². The Morgan fingerprint density at radius 3 is 2.63 bits per heavy atom. The van der Waals surface area contributed by atoms with E-state index in [1.807, 2.05) is 42.2 Å². The monoisotopic (exact) mass is 260 g/mol. The minimum Gasteiger partial charge on any atom is -0.359 e. The SMILES string of the molecule is CCN1C(=O)CC[C@@H](C(=O)NC)[C@@H]1c1ccccc1. The molecule has 2 atom stereocenters. The molecule has 2 amide bonds. The van der Waals surface area contributed by atoms with Crippen LogP contribution in [-0.4, -0.2) is 30.3 Å². The van der Waals surface area contributed by atoms with Crippen molar-refractivity contribution in [1.82, 2.24) is 10.2 Å². The number of amides is 2. The van der Waals surface area contributed by atoms with Crippen LogP contribution >= 0.6 is 0 Å². The zero-order valence-corrected chi connectivity index (χ0v) is 11.4. The second-order valence-corrected chi connectivity index (χ2v) is 4.79. The lowest BCUT2D eigenvalue weighted by molar-refractivity contribution is -0.143. The fourth-order valence-electron chi connectivity index (χ4n) is 2.85. The van der Waals surface area contributed by atoms with E-state index in [1.54, 1.807) is 7.05 Å². The molecular weight excluding hydrogens is 240 g/mol. The summed E-state index contributed by atoms with van der Waals surface area (Å²) in [4.78, 5) is 25.9. The smallest absolute Gasteiger partial charge is 0.225 e. The van der Waals surface area contributed by atoms with E-state index in [9.17, 15) is 9.59 Å². The highest BCUT2D eigenvalue weighted by Gasteiger charge is 2.39. The third-order valence-corrected chi connectivity index (χ3v) is 3.77. The predicted octanol–water partition coefficient (Wildman–Crippen LogP) is 1.73. The lowest BCUT2D eigenvalue weighted by atomic mass is 9.83. The number of hydrogen-bond donors (Lipinski definition) is 1. The topological polar surface area (TPSA) is 49.4 Å². The van der Waals surface area contributed by atoms with Crippen LogP contribution in [0.1, 0.15) is 31.4 Å². The predicted molar refractivity (Wildman–Crippen MR) is 73.4 cm³/mol. The third kappa shape index (κ3) is 2.62. The van der Waals surface area contributed by atoms with Crippen molar-refractivity contribution in [2.24, 2.45) is 5.92 Å². The van der Waals surface area contributed by atoms with E-state index in [-0.39, 0.29) is 23.8 Å². The van der Waals surface area contributed by atoms with Gasteiger partial charge in [-0.05, 0) is 18.9 Å². The van der Waals surface area contributed by atoms with E-state index in [2.05, 4.69) is 5.32 Å². The van der Waals surface area contributed by atoms with E-state index in [0.29, 0.717) is 19.4 Å². The zero-order chi connectivity index (χ0) is 13.8. The lowest BCUT2D eigenvalue weighted by Crippen LogP contribution is -2.47. The van der Waals surface area contributed by atoms with Crippen molar-refractivity contribution >= 4 is 11.8 Å². The number of nitrogens with zero attached hydrogens (tertiary/aromatic N) is 1. The van der Waals surface area contributed by atoms with Crippen LogP contribution in [0.4, 0.5) is 0 Å². The number of carbonyl (C=O) groups is 2. The fraction of sp³-hybridized carbons (Fsp3) is 0.467. The van der Waals surface area contributed by atoms with Gasteiger partial charge in [0.25, 0.3) is 0 Å². The molecule has 1 aromatic rings. The Kier molecular flexibility index (Phi) is 4.20. The molecule has 0 bridgehead atoms. The summed E-state index contributed by atoms with van der Waals surface area (Å²) in [6, 6.07) is 9.67. The van der Waals surface area contributed by atoms with E-state index >= 15 is 0 Å². The van der Waals surface area contributed by atoms with Crippen molar-refractivity contribution in [3.8, 4) is 0 Å². The first-order chi connectivity index (χ1) is 9.19. The minimum absolute atomic E-state index is 0.0137. The summed E-state index contributed by atoms with van der Waals surface area (Å²) < 4.78 is 0. The summed E-state index contributed by atoms with van der Waals surface area (Å²) >= 11 is 0. The minimum atomic E-state index is -0.162. The van der Waals surface area contributed by atoms with Crippen molar-refractivity contribution in [1.29, 1.82) is 0 Å². The normalized spacial score (nSPS) is 23.3. The summed E-state index contributed by atoms with van der Waals surface area (Å²) in [6.45, 7) is 2.59. The summed E-state index contributed by atoms with van der Waals surface area (Å²) in [5.74, 6) is -0.0126. The largest absolute Gasteiger partial charge is 0.359 e. The highest BCUT2D eigenvalue weighted by Crippen LogP contribution is 2.36. The first-order valence-corrected chi connectivity index (χ1v) is 6.75. The maximum absolute atomic E-state index is 12.1. The molecule has 0 aliphatic carbocycles. The van der Waals surface area contributed by atoms with Gasteiger partial charge in [0, 0.05) is 20.0 Å². The number of piperidine rings is 1. The van der Waals surface area contributed by atoms with Crippen LogP contribution in [0.25, 0.3) is 0 Å². The van der Waals surface area contributed by atoms with Gasteiger partial charge in [0.2, 0.25) is 11.8 Å². The number of nitrogens with one attached hydrogen (secondary N) is 1. The van der Waals surface area contributed by atoms with Gasteiger partial charge in [-0.2, -0.15) is 0 Å². The van der Waals surface area contributed by atoms with E-state index in [0.717, 1.165) is 5.56 Å². The molecule has 1 aromatic carbocycles. The molecule has 4 heteroatoms. The highest BCUT2D eigenvalue weighted by atomic mass is 16.2. The molecule has 2 rings (SSSR count). The molecule has 1 fully saturated rings. The van der Waals surface area contributed by atoms with Crippen molar-refractivity contribution < 1.29 is 9.59 Å². The average molecular weight is 260 g/mol. The van der Waals surface area contributed by atoms with Gasteiger partial charge in [-0.15, -0.1) is 0 Å². The molecule has 1 saturated heterocycles. The number of benzene rings is 1. The molecule has 0 spiro atoms. The van der Waals surface area contributed by atoms with Gasteiger partial charge < -0.3 is 10.2 Å². The molecule has 0 unspecified atom stereocenters. The molecule has 1 aliphatic rings. The first-order valence-electron chi connectivity index (χ1n) is 6.75. The third-order valence-electron chi connectivity index (χ3n) is 3.77. The van der Waals surface area contributed by atoms with Gasteiger partial charge >= 0.3 is 0 Å². The molecule has 4 nitrogen and oxygen atoms in total. The van der Waals surface area contributed by atoms with Crippen LogP contribution in [0.5, 0.6) is 0 Å². The van der Waals surface area contributed by atoms with Crippen molar-refractivity contribution in [2.75, 3.05) is 13.6 Å². The Labute approximate surface area is 113 Å². The maximum Gasteiger partial charge on any atom is 0.225 e. The second kappa shape index (κ2) is 5.87. The van der Waals surface area contributed by atoms with Gasteiger partial charge in [-0.25, -0.2) is 0 Å². The number of likely N-dealkylation sites (tertiary alicyclic amines) is 1. The first kappa shape index (κ1) is 13.6. The number of carbonyl (C=O) groups excluding carboxylic acids is 2. The molecule has 19 heavy (non-hydrogen) atoms. The van der Waals surface area contributed by atoms with Crippen molar-refractivity contribution in [3.63, 3.8) is 0 Å². The van der Waals surface area contributed by atoms with E-state index in [1.165, 1.54) is 0 Å². The van der Waals surface area contributed by atoms with E-state index < -0.39 is 0 Å². The summed E-state index contributed by atoms with van der Waals surface area (Å²) in [5, 5.41) is 2.72. The van der Waals surface area contributed by atoms with Gasteiger partial charge in [0.05, 0.1) is 12.0 Å². The summed E-state index contributed by atoms with van der Waals surface area (Å²) in [7, 11) is 1.65. The van der Waals surface area contributed by atoms with Crippen molar-refractivity contribution in [3.05, 3.63) is 35.9 Å². The number of rotatable bonds is 3. The molecule has 102 valence electrons. The van der Waals surface area contributed by atoms with Gasteiger partial charge in [0.15, 0.2) is 0 Å². The fourth-order valence-corrected chi connectivity index (χ4v) is 2.85. The van der Waals surface area contributed by atoms with Crippen LogP contribution in [0.15, 0.2) is 30.3 Å². The molecular formula is C15H20N2O2. The zero-order valence-electron chi connectivity index (χ0n) is 11.4. The summed E-state index contributed by atoms with van der Waals surface area (Å²) in [6.07, 6.45) is 1.07. The van der Waals surface area contributed by atoms with Gasteiger partial charge in [0.1, 0.15) is 0 Å². The Bertz CT molecular complexity index is 458. The summed E-state index contributed by atoms with van der Waals surface area (Å²) in [5.41, 5.74) is 1.03. The Morgan fingerprint density at radius 1 is 1.37 bits per heavy atom. The molecule has 0 radical (unpaired) electrons. The van der Waals surface area contributed by atoms with Crippen LogP contribution in [0.3, 0.4) is 0 Å². The van der Waals surface area contributed by atoms with E-state index in [4.69, 9.17) is 0 Å². The Hall–Kier alpha value is -1.84. The molecule has 1 aliphatic heterocycles. The van der Waals surface area contributed by atoms with Crippen LogP contribution in [0.2, 0.25) is 0 Å². The Morgan fingerprint density at radius 2 is 2.05 bits per heavy atom. The van der Waals surface area contributed by atoms with Crippen molar-refractivity contribution in [2.45, 2.75) is 25.8 Å².